The predicted molar refractivity (Wildman–Crippen MR) is 162 cm³/mol. The molecule has 0 spiro atoms. The smallest absolute Gasteiger partial charge is 0.333 e. The molecule has 2 aromatic carbocycles. The third-order valence-corrected chi connectivity index (χ3v) is 7.38. The number of carbonyl (C=O) groups is 1. The number of aryl methyl sites for hydroxylation is 1. The highest BCUT2D eigenvalue weighted by Gasteiger charge is 2.23. The second kappa shape index (κ2) is 13.0. The summed E-state index contributed by atoms with van der Waals surface area (Å²) in [4.78, 5) is 44.4. The Balaban J connectivity index is 1.61. The Morgan fingerprint density at radius 2 is 1.72 bits per heavy atom. The fraction of sp³-hybridized carbons (Fsp3) is 0.387. The van der Waals surface area contributed by atoms with Crippen molar-refractivity contribution in [2.75, 3.05) is 7.11 Å². The number of carbonyl (C=O) groups excluding carboxylic acids is 1. The van der Waals surface area contributed by atoms with Crippen LogP contribution in [0.5, 0.6) is 0 Å². The maximum atomic E-state index is 13.8. The second-order valence-corrected chi connectivity index (χ2v) is 11.0. The standard InChI is InChI=1S/C31H36N8O4/c1-5-6-7-12-25-32-29-27(30(41)39(19-26(40)43-4)31(42)38(29)17-20(2)3)37(25)18-21-13-15-22(16-14-21)23-10-8-9-11-24(23)28-33-35-36-34-28/h8-11,13-16,20H,5-7,12,17-19H2,1-4H3,(H,33,34,35,36). The molecule has 0 radical (unpaired) electrons. The molecule has 3 heterocycles. The highest BCUT2D eigenvalue weighted by atomic mass is 16.5. The monoisotopic (exact) mass is 584 g/mol. The normalized spacial score (nSPS) is 11.5. The molecule has 0 aliphatic rings. The minimum absolute atomic E-state index is 0.113. The van der Waals surface area contributed by atoms with E-state index in [1.54, 1.807) is 0 Å². The Kier molecular flexibility index (Phi) is 8.93. The quantitative estimate of drug-likeness (QED) is 0.172. The van der Waals surface area contributed by atoms with E-state index >= 15 is 0 Å². The molecule has 1 N–H and O–H groups in total. The van der Waals surface area contributed by atoms with Gasteiger partial charge >= 0.3 is 11.7 Å². The van der Waals surface area contributed by atoms with Crippen molar-refractivity contribution in [3.05, 3.63) is 80.8 Å². The Bertz CT molecular complexity index is 1830. The molecule has 5 aromatic rings. The van der Waals surface area contributed by atoms with Crippen molar-refractivity contribution in [3.63, 3.8) is 0 Å². The molecule has 0 atom stereocenters. The van der Waals surface area contributed by atoms with Gasteiger partial charge in [-0.3, -0.25) is 14.2 Å². The lowest BCUT2D eigenvalue weighted by Crippen LogP contribution is -2.43. The Morgan fingerprint density at radius 3 is 2.37 bits per heavy atom. The molecule has 0 saturated carbocycles. The van der Waals surface area contributed by atoms with E-state index in [-0.39, 0.29) is 5.92 Å². The average Bonchev–Trinajstić information content (AvgIpc) is 3.67. The highest BCUT2D eigenvalue weighted by Crippen LogP contribution is 2.30. The number of rotatable bonds is 12. The molecule has 0 amide bonds. The number of ether oxygens (including phenoxy) is 1. The van der Waals surface area contributed by atoms with Crippen LogP contribution in [0.15, 0.2) is 58.1 Å². The molecule has 12 heteroatoms. The molecule has 0 bridgehead atoms. The summed E-state index contributed by atoms with van der Waals surface area (Å²) in [5.41, 5.74) is 3.30. The summed E-state index contributed by atoms with van der Waals surface area (Å²) in [5, 5.41) is 14.5. The van der Waals surface area contributed by atoms with E-state index < -0.39 is 23.8 Å². The number of tetrazole rings is 1. The molecule has 12 nitrogen and oxygen atoms in total. The van der Waals surface area contributed by atoms with Gasteiger partial charge in [-0.05, 0) is 34.2 Å². The van der Waals surface area contributed by atoms with Gasteiger partial charge in [-0.15, -0.1) is 10.2 Å². The summed E-state index contributed by atoms with van der Waals surface area (Å²) in [5.74, 6) is 0.693. The lowest BCUT2D eigenvalue weighted by atomic mass is 9.98. The van der Waals surface area contributed by atoms with E-state index in [4.69, 9.17) is 9.72 Å². The number of fused-ring (bicyclic) bond motifs is 1. The van der Waals surface area contributed by atoms with E-state index in [9.17, 15) is 14.4 Å². The minimum Gasteiger partial charge on any atom is -0.468 e. The molecule has 3 aromatic heterocycles. The van der Waals surface area contributed by atoms with E-state index in [0.29, 0.717) is 36.5 Å². The fourth-order valence-electron chi connectivity index (χ4n) is 5.27. The minimum atomic E-state index is -0.666. The lowest BCUT2D eigenvalue weighted by Gasteiger charge is -2.14. The van der Waals surface area contributed by atoms with E-state index in [0.717, 1.165) is 51.9 Å². The van der Waals surface area contributed by atoms with Crippen molar-refractivity contribution in [3.8, 4) is 22.5 Å². The van der Waals surface area contributed by atoms with Gasteiger partial charge in [-0.1, -0.05) is 82.1 Å². The molecule has 0 fully saturated rings. The number of hydrogen-bond donors (Lipinski definition) is 1. The van der Waals surface area contributed by atoms with Crippen molar-refractivity contribution < 1.29 is 9.53 Å². The van der Waals surface area contributed by atoms with Gasteiger partial charge < -0.3 is 9.30 Å². The van der Waals surface area contributed by atoms with E-state index in [1.165, 1.54) is 11.7 Å². The number of aromatic nitrogens is 8. The van der Waals surface area contributed by atoms with Crippen LogP contribution in [0.2, 0.25) is 0 Å². The van der Waals surface area contributed by atoms with E-state index in [1.807, 2.05) is 66.9 Å². The number of aromatic amines is 1. The van der Waals surface area contributed by atoms with Crippen molar-refractivity contribution in [2.45, 2.75) is 66.1 Å². The molecule has 0 aliphatic heterocycles. The van der Waals surface area contributed by atoms with Gasteiger partial charge in [0.25, 0.3) is 5.56 Å². The third kappa shape index (κ3) is 6.18. The van der Waals surface area contributed by atoms with Crippen LogP contribution >= 0.6 is 0 Å². The van der Waals surface area contributed by atoms with Crippen LogP contribution in [0.1, 0.15) is 51.4 Å². The third-order valence-electron chi connectivity index (χ3n) is 7.38. The van der Waals surface area contributed by atoms with Gasteiger partial charge in [0.2, 0.25) is 5.82 Å². The Morgan fingerprint density at radius 1 is 0.977 bits per heavy atom. The van der Waals surface area contributed by atoms with Crippen LogP contribution in [0.3, 0.4) is 0 Å². The number of hydrogen-bond acceptors (Lipinski definition) is 8. The first-order chi connectivity index (χ1) is 20.8. The maximum absolute atomic E-state index is 13.8. The average molecular weight is 585 g/mol. The summed E-state index contributed by atoms with van der Waals surface area (Å²) in [6.07, 6.45) is 3.61. The van der Waals surface area contributed by atoms with Crippen molar-refractivity contribution in [1.29, 1.82) is 0 Å². The van der Waals surface area contributed by atoms with Crippen LogP contribution in [-0.4, -0.2) is 52.4 Å². The molecule has 0 saturated heterocycles. The van der Waals surface area contributed by atoms with Crippen LogP contribution < -0.4 is 11.2 Å². The first-order valence-electron chi connectivity index (χ1n) is 14.5. The van der Waals surface area contributed by atoms with Crippen LogP contribution in [0.25, 0.3) is 33.7 Å². The largest absolute Gasteiger partial charge is 0.468 e. The number of nitrogens with zero attached hydrogens (tertiary/aromatic N) is 7. The molecule has 0 unspecified atom stereocenters. The predicted octanol–water partition coefficient (Wildman–Crippen LogP) is 3.82. The Hall–Kier alpha value is -4.87. The van der Waals surface area contributed by atoms with Crippen molar-refractivity contribution in [2.24, 2.45) is 5.92 Å². The summed E-state index contributed by atoms with van der Waals surface area (Å²) in [6.45, 7) is 6.38. The summed E-state index contributed by atoms with van der Waals surface area (Å²) in [7, 11) is 1.24. The molecule has 224 valence electrons. The van der Waals surface area contributed by atoms with Gasteiger partial charge in [-0.2, -0.15) is 5.21 Å². The van der Waals surface area contributed by atoms with E-state index in [2.05, 4.69) is 27.5 Å². The van der Waals surface area contributed by atoms with Gasteiger partial charge in [0.15, 0.2) is 11.2 Å². The Labute approximate surface area is 248 Å². The zero-order valence-electron chi connectivity index (χ0n) is 24.9. The first-order valence-corrected chi connectivity index (χ1v) is 14.5. The second-order valence-electron chi connectivity index (χ2n) is 11.0. The first kappa shape index (κ1) is 29.6. The molecular weight excluding hydrogens is 548 g/mol. The van der Waals surface area contributed by atoms with Crippen molar-refractivity contribution >= 4 is 17.1 Å². The molecule has 5 rings (SSSR count). The highest BCUT2D eigenvalue weighted by molar-refractivity contribution is 5.80. The maximum Gasteiger partial charge on any atom is 0.333 e. The lowest BCUT2D eigenvalue weighted by molar-refractivity contribution is -0.141. The van der Waals surface area contributed by atoms with Gasteiger partial charge in [-0.25, -0.2) is 14.3 Å². The summed E-state index contributed by atoms with van der Waals surface area (Å²) < 4.78 is 9.17. The molecular formula is C31H36N8O4. The number of nitrogens with one attached hydrogen (secondary N) is 1. The van der Waals surface area contributed by atoms with Gasteiger partial charge in [0.05, 0.1) is 7.11 Å². The van der Waals surface area contributed by atoms with Crippen LogP contribution in [0, 0.1) is 5.92 Å². The fourth-order valence-corrected chi connectivity index (χ4v) is 5.27. The molecule has 0 aliphatic carbocycles. The zero-order valence-corrected chi connectivity index (χ0v) is 24.9. The van der Waals surface area contributed by atoms with Crippen LogP contribution in [-0.2, 0) is 35.6 Å². The number of esters is 1. The molecule has 43 heavy (non-hydrogen) atoms. The van der Waals surface area contributed by atoms with Gasteiger partial charge in [0.1, 0.15) is 12.4 Å². The van der Waals surface area contributed by atoms with Crippen LogP contribution in [0.4, 0.5) is 0 Å². The van der Waals surface area contributed by atoms with Gasteiger partial charge in [0, 0.05) is 25.1 Å². The number of imidazole rings is 1. The summed E-state index contributed by atoms with van der Waals surface area (Å²) in [6, 6.07) is 15.9. The van der Waals surface area contributed by atoms with Crippen molar-refractivity contribution in [1.82, 2.24) is 39.3 Å². The SMILES string of the molecule is CCCCCc1nc2c(c(=O)n(CC(=O)OC)c(=O)n2CC(C)C)n1Cc1ccc(-c2ccccc2-c2nn[nH]n2)cc1. The zero-order chi connectivity index (χ0) is 30.5. The number of benzene rings is 2. The topological polar surface area (TPSA) is 143 Å². The number of H-pyrrole nitrogens is 1. The number of methoxy groups -OCH3 is 1. The summed E-state index contributed by atoms with van der Waals surface area (Å²) >= 11 is 0. The number of unbranched alkanes of at least 4 members (excludes halogenated alkanes) is 2.